The van der Waals surface area contributed by atoms with Crippen molar-refractivity contribution in [1.29, 1.82) is 0 Å². The van der Waals surface area contributed by atoms with Gasteiger partial charge >= 0.3 is 0 Å². The number of aryl methyl sites for hydroxylation is 2. The molecule has 2 amide bonds. The van der Waals surface area contributed by atoms with E-state index in [9.17, 15) is 35.9 Å². The minimum atomic E-state index is -3.22. The number of halogens is 6. The summed E-state index contributed by atoms with van der Waals surface area (Å²) in [6.07, 6.45) is -7.75. The maximum Gasteiger partial charge on any atom is 0.280 e. The summed E-state index contributed by atoms with van der Waals surface area (Å²) in [5, 5.41) is 10.7. The molecule has 41 heavy (non-hydrogen) atoms. The smallest absolute Gasteiger partial charge is 0.280 e. The summed E-state index contributed by atoms with van der Waals surface area (Å²) in [5.41, 5.74) is 3.03. The Labute approximate surface area is 229 Å². The normalized spacial score (nSPS) is 12.0. The molecule has 5 heterocycles. The number of primary amides is 1. The zero-order chi connectivity index (χ0) is 29.7. The van der Waals surface area contributed by atoms with Crippen LogP contribution >= 0.6 is 11.3 Å². The number of carbonyl (C=O) groups excluding carboxylic acids is 2. The topological polar surface area (TPSA) is 133 Å². The number of anilines is 1. The van der Waals surface area contributed by atoms with Crippen molar-refractivity contribution in [3.8, 4) is 11.1 Å². The van der Waals surface area contributed by atoms with Crippen molar-refractivity contribution < 1.29 is 35.9 Å². The zero-order valence-electron chi connectivity index (χ0n) is 21.0. The van der Waals surface area contributed by atoms with Gasteiger partial charge in [0.1, 0.15) is 26.8 Å². The van der Waals surface area contributed by atoms with Crippen LogP contribution in [0, 0.1) is 6.92 Å². The van der Waals surface area contributed by atoms with Crippen LogP contribution in [-0.2, 0) is 6.54 Å². The number of alkyl halides is 6. The first-order valence-electron chi connectivity index (χ1n) is 11.8. The van der Waals surface area contributed by atoms with Crippen LogP contribution in [0.1, 0.15) is 69.1 Å². The monoisotopic (exact) mass is 596 g/mol. The molecule has 0 spiro atoms. The maximum absolute atomic E-state index is 13.8. The van der Waals surface area contributed by atoms with Crippen molar-refractivity contribution in [2.24, 2.45) is 5.73 Å². The first-order valence-corrected chi connectivity index (χ1v) is 12.6. The molecular weight excluding hydrogens is 578 g/mol. The number of nitrogens with two attached hydrogens (primary N) is 1. The molecule has 0 atom stereocenters. The van der Waals surface area contributed by atoms with Gasteiger partial charge in [0.15, 0.2) is 11.3 Å². The summed E-state index contributed by atoms with van der Waals surface area (Å²) >= 11 is 0.663. The van der Waals surface area contributed by atoms with E-state index in [0.717, 1.165) is 12.1 Å². The maximum atomic E-state index is 13.8. The number of nitrogens with zero attached hydrogens (tertiary/aromatic N) is 6. The van der Waals surface area contributed by atoms with Crippen LogP contribution in [0.25, 0.3) is 27.0 Å². The van der Waals surface area contributed by atoms with Gasteiger partial charge in [0.05, 0.1) is 11.4 Å². The van der Waals surface area contributed by atoms with Crippen LogP contribution in [-0.4, -0.2) is 41.2 Å². The van der Waals surface area contributed by atoms with E-state index in [0.29, 0.717) is 39.7 Å². The minimum Gasteiger partial charge on any atom is -0.365 e. The largest absolute Gasteiger partial charge is 0.365 e. The summed E-state index contributed by atoms with van der Waals surface area (Å²) in [6.45, 7) is 3.93. The standard InChI is InChI=1S/C24H18F6N8O2S/c1-3-37-7-10(8(2)35-37)9-4-11(19(25)26)33-24-16(9)17(18(41-24)22(31)39)34-23(40)13-6-15-32-12(20(27)28)5-14(21(29)30)38(15)36-13/h4-7,19-21H,3H2,1-2H3,(H2,31,39)(H,34,40). The molecule has 0 saturated heterocycles. The summed E-state index contributed by atoms with van der Waals surface area (Å²) in [7, 11) is 0. The predicted octanol–water partition coefficient (Wildman–Crippen LogP) is 5.69. The van der Waals surface area contributed by atoms with Crippen molar-refractivity contribution in [2.75, 3.05) is 5.32 Å². The second kappa shape index (κ2) is 10.5. The van der Waals surface area contributed by atoms with Crippen molar-refractivity contribution in [1.82, 2.24) is 29.4 Å². The van der Waals surface area contributed by atoms with Gasteiger partial charge in [0, 0.05) is 29.8 Å². The molecule has 0 aliphatic rings. The van der Waals surface area contributed by atoms with E-state index < -0.39 is 59.5 Å². The van der Waals surface area contributed by atoms with E-state index in [1.54, 1.807) is 17.8 Å². The molecule has 0 aliphatic carbocycles. The Hall–Kier alpha value is -4.54. The molecule has 0 aliphatic heterocycles. The van der Waals surface area contributed by atoms with Crippen LogP contribution < -0.4 is 11.1 Å². The third-order valence-corrected chi connectivity index (χ3v) is 7.18. The average Bonchev–Trinajstić information content (AvgIpc) is 3.62. The van der Waals surface area contributed by atoms with E-state index >= 15 is 0 Å². The lowest BCUT2D eigenvalue weighted by atomic mass is 10.0. The highest BCUT2D eigenvalue weighted by molar-refractivity contribution is 7.21. The molecule has 0 radical (unpaired) electrons. The Morgan fingerprint density at radius 1 is 0.976 bits per heavy atom. The summed E-state index contributed by atoms with van der Waals surface area (Å²) in [5.74, 6) is -2.05. The molecule has 0 saturated carbocycles. The van der Waals surface area contributed by atoms with Gasteiger partial charge in [0.25, 0.3) is 31.1 Å². The molecule has 5 aromatic rings. The van der Waals surface area contributed by atoms with Crippen molar-refractivity contribution in [3.05, 3.63) is 57.7 Å². The Kier molecular flexibility index (Phi) is 7.14. The Balaban J connectivity index is 1.69. The molecule has 0 fully saturated rings. The lowest BCUT2D eigenvalue weighted by molar-refractivity contribution is 0.100. The van der Waals surface area contributed by atoms with E-state index in [1.807, 2.05) is 6.92 Å². The van der Waals surface area contributed by atoms with Gasteiger partial charge < -0.3 is 11.1 Å². The van der Waals surface area contributed by atoms with E-state index in [4.69, 9.17) is 5.73 Å². The predicted molar refractivity (Wildman–Crippen MR) is 136 cm³/mol. The first-order chi connectivity index (χ1) is 19.4. The van der Waals surface area contributed by atoms with Gasteiger partial charge in [-0.15, -0.1) is 11.3 Å². The van der Waals surface area contributed by atoms with Crippen LogP contribution in [0.2, 0.25) is 0 Å². The van der Waals surface area contributed by atoms with Crippen molar-refractivity contribution >= 4 is 44.7 Å². The van der Waals surface area contributed by atoms with Gasteiger partial charge in [-0.05, 0) is 31.5 Å². The van der Waals surface area contributed by atoms with E-state index in [2.05, 4.69) is 25.5 Å². The minimum absolute atomic E-state index is 0.0382. The third kappa shape index (κ3) is 4.96. The Morgan fingerprint density at radius 3 is 2.24 bits per heavy atom. The van der Waals surface area contributed by atoms with Crippen LogP contribution in [0.5, 0.6) is 0 Å². The van der Waals surface area contributed by atoms with Gasteiger partial charge in [-0.2, -0.15) is 10.2 Å². The highest BCUT2D eigenvalue weighted by Crippen LogP contribution is 2.43. The molecular formula is C24H18F6N8O2S. The van der Waals surface area contributed by atoms with Gasteiger partial charge in [-0.1, -0.05) is 0 Å². The number of rotatable bonds is 8. The molecule has 0 bridgehead atoms. The summed E-state index contributed by atoms with van der Waals surface area (Å²) < 4.78 is 83.2. The number of hydrogen-bond acceptors (Lipinski definition) is 7. The number of thiophene rings is 1. The molecule has 10 nitrogen and oxygen atoms in total. The number of fused-ring (bicyclic) bond motifs is 2. The number of hydrogen-bond donors (Lipinski definition) is 2. The number of amides is 2. The number of pyridine rings is 1. The SMILES string of the molecule is CCn1cc(-c2cc(C(F)F)nc3sc(C(N)=O)c(NC(=O)c4cc5nc(C(F)F)cc(C(F)F)n5n4)c23)c(C)n1. The van der Waals surface area contributed by atoms with Crippen molar-refractivity contribution in [2.45, 2.75) is 39.7 Å². The molecule has 0 unspecified atom stereocenters. The van der Waals surface area contributed by atoms with Crippen molar-refractivity contribution in [3.63, 3.8) is 0 Å². The first kappa shape index (κ1) is 28.0. The van der Waals surface area contributed by atoms with Gasteiger partial charge in [-0.25, -0.2) is 40.8 Å². The van der Waals surface area contributed by atoms with Crippen LogP contribution in [0.3, 0.4) is 0 Å². The fourth-order valence-electron chi connectivity index (χ4n) is 4.25. The Bertz CT molecular complexity index is 1830. The van der Waals surface area contributed by atoms with E-state index in [1.165, 1.54) is 0 Å². The lowest BCUT2D eigenvalue weighted by Crippen LogP contribution is -2.17. The fourth-order valence-corrected chi connectivity index (χ4v) is 5.27. The van der Waals surface area contributed by atoms with E-state index in [-0.39, 0.29) is 26.3 Å². The highest BCUT2D eigenvalue weighted by atomic mass is 32.1. The highest BCUT2D eigenvalue weighted by Gasteiger charge is 2.28. The van der Waals surface area contributed by atoms with Gasteiger partial charge in [-0.3, -0.25) is 14.3 Å². The quantitative estimate of drug-likeness (QED) is 0.221. The molecule has 0 aromatic carbocycles. The Morgan fingerprint density at radius 2 is 1.66 bits per heavy atom. The molecule has 5 rings (SSSR count). The summed E-state index contributed by atoms with van der Waals surface area (Å²) in [4.78, 5) is 32.9. The fraction of sp³-hybridized carbons (Fsp3) is 0.250. The summed E-state index contributed by atoms with van der Waals surface area (Å²) in [6, 6.07) is 2.50. The zero-order valence-corrected chi connectivity index (χ0v) is 21.8. The second-order valence-corrected chi connectivity index (χ2v) is 9.69. The second-order valence-electron chi connectivity index (χ2n) is 8.69. The molecule has 5 aromatic heterocycles. The van der Waals surface area contributed by atoms with Crippen LogP contribution in [0.15, 0.2) is 24.4 Å². The molecule has 17 heteroatoms. The number of aromatic nitrogens is 6. The van der Waals surface area contributed by atoms with Gasteiger partial charge in [0.2, 0.25) is 0 Å². The number of nitrogens with one attached hydrogen (secondary N) is 1. The molecule has 214 valence electrons. The average molecular weight is 597 g/mol. The number of carbonyl (C=O) groups is 2. The lowest BCUT2D eigenvalue weighted by Gasteiger charge is -2.10. The van der Waals surface area contributed by atoms with Crippen LogP contribution in [0.4, 0.5) is 32.0 Å². The third-order valence-electron chi connectivity index (χ3n) is 6.08. The molecule has 3 N–H and O–H groups in total.